The van der Waals surface area contributed by atoms with Gasteiger partial charge in [-0.3, -0.25) is 4.79 Å². The van der Waals surface area contributed by atoms with Gasteiger partial charge in [-0.1, -0.05) is 0 Å². The van der Waals surface area contributed by atoms with Gasteiger partial charge in [0.05, 0.1) is 12.5 Å². The minimum atomic E-state index is -0.770. The quantitative estimate of drug-likeness (QED) is 0.804. The maximum Gasteiger partial charge on any atom is 0.309 e. The Labute approximate surface area is 99.8 Å². The summed E-state index contributed by atoms with van der Waals surface area (Å²) < 4.78 is 5.05. The molecule has 0 amide bonds. The van der Waals surface area contributed by atoms with Crippen LogP contribution < -0.4 is 4.74 Å². The van der Waals surface area contributed by atoms with Crippen molar-refractivity contribution < 1.29 is 14.6 Å². The lowest BCUT2D eigenvalue weighted by Gasteiger charge is -2.18. The van der Waals surface area contributed by atoms with Crippen molar-refractivity contribution in [3.05, 3.63) is 24.3 Å². The maximum absolute atomic E-state index is 10.9. The molecule has 0 aliphatic rings. The molecule has 3 nitrogen and oxygen atoms in total. The topological polar surface area (TPSA) is 46.5 Å². The molecule has 1 aromatic carbocycles. The van der Waals surface area contributed by atoms with E-state index in [9.17, 15) is 4.79 Å². The number of aliphatic carboxylic acids is 1. The molecular weight excluding hydrogens is 224 g/mol. The van der Waals surface area contributed by atoms with Crippen molar-refractivity contribution in [1.82, 2.24) is 0 Å². The van der Waals surface area contributed by atoms with E-state index in [-0.39, 0.29) is 0 Å². The number of ether oxygens (including phenoxy) is 1. The van der Waals surface area contributed by atoms with Crippen LogP contribution in [0.1, 0.15) is 13.8 Å². The first kappa shape index (κ1) is 12.9. The smallest absolute Gasteiger partial charge is 0.309 e. The Bertz CT molecular complexity index is 357. The molecular formula is C12H16O3S. The molecule has 0 aliphatic carbocycles. The molecule has 1 aromatic rings. The third-order valence-corrected chi connectivity index (χ3v) is 3.71. The highest BCUT2D eigenvalue weighted by molar-refractivity contribution is 7.99. The first-order valence-electron chi connectivity index (χ1n) is 4.96. The van der Waals surface area contributed by atoms with Gasteiger partial charge >= 0.3 is 5.97 Å². The van der Waals surface area contributed by atoms with Gasteiger partial charge in [0.25, 0.3) is 0 Å². The molecule has 1 N–H and O–H groups in total. The van der Waals surface area contributed by atoms with Crippen LogP contribution in [0.2, 0.25) is 0 Å². The summed E-state index contributed by atoms with van der Waals surface area (Å²) in [6.07, 6.45) is 0. The Balaban J connectivity index is 2.58. The molecule has 0 fully saturated rings. The number of methoxy groups -OCH3 is 1. The van der Waals surface area contributed by atoms with Crippen LogP contribution in [0.4, 0.5) is 0 Å². The molecule has 0 saturated carbocycles. The van der Waals surface area contributed by atoms with E-state index in [0.717, 1.165) is 10.6 Å². The van der Waals surface area contributed by atoms with Crippen LogP contribution in [-0.4, -0.2) is 23.9 Å². The number of hydrogen-bond acceptors (Lipinski definition) is 3. The Morgan fingerprint density at radius 3 is 2.38 bits per heavy atom. The number of carboxylic acid groups (broad SMARTS) is 1. The summed E-state index contributed by atoms with van der Waals surface area (Å²) in [6, 6.07) is 7.61. The van der Waals surface area contributed by atoms with Crippen molar-refractivity contribution in [2.24, 2.45) is 5.41 Å². The summed E-state index contributed by atoms with van der Waals surface area (Å²) in [7, 11) is 1.62. The third-order valence-electron chi connectivity index (χ3n) is 2.24. The Morgan fingerprint density at radius 1 is 1.38 bits per heavy atom. The maximum atomic E-state index is 10.9. The van der Waals surface area contributed by atoms with E-state index in [1.165, 1.54) is 11.8 Å². The van der Waals surface area contributed by atoms with Crippen molar-refractivity contribution in [3.8, 4) is 5.75 Å². The molecule has 0 heterocycles. The van der Waals surface area contributed by atoms with Crippen LogP contribution in [0, 0.1) is 5.41 Å². The fourth-order valence-electron chi connectivity index (χ4n) is 0.997. The lowest BCUT2D eigenvalue weighted by Crippen LogP contribution is -2.26. The van der Waals surface area contributed by atoms with Gasteiger partial charge in [-0.15, -0.1) is 11.8 Å². The fourth-order valence-corrected chi connectivity index (χ4v) is 1.98. The van der Waals surface area contributed by atoms with Crippen molar-refractivity contribution in [1.29, 1.82) is 0 Å². The first-order valence-corrected chi connectivity index (χ1v) is 5.94. The van der Waals surface area contributed by atoms with E-state index in [4.69, 9.17) is 9.84 Å². The monoisotopic (exact) mass is 240 g/mol. The second-order valence-corrected chi connectivity index (χ2v) is 5.20. The van der Waals surface area contributed by atoms with Crippen molar-refractivity contribution in [3.63, 3.8) is 0 Å². The molecule has 4 heteroatoms. The van der Waals surface area contributed by atoms with E-state index >= 15 is 0 Å². The molecule has 0 aliphatic heterocycles. The zero-order chi connectivity index (χ0) is 12.2. The summed E-state index contributed by atoms with van der Waals surface area (Å²) in [5.74, 6) is 0.588. The molecule has 0 aromatic heterocycles. The number of thioether (sulfide) groups is 1. The molecule has 0 atom stereocenters. The van der Waals surface area contributed by atoms with Gasteiger partial charge in [-0.2, -0.15) is 0 Å². The largest absolute Gasteiger partial charge is 0.497 e. The number of carboxylic acids is 1. The number of hydrogen-bond donors (Lipinski definition) is 1. The van der Waals surface area contributed by atoms with Crippen LogP contribution in [-0.2, 0) is 4.79 Å². The van der Waals surface area contributed by atoms with Crippen molar-refractivity contribution >= 4 is 17.7 Å². The predicted molar refractivity (Wildman–Crippen MR) is 65.1 cm³/mol. The van der Waals surface area contributed by atoms with E-state index in [2.05, 4.69) is 0 Å². The van der Waals surface area contributed by atoms with Gasteiger partial charge < -0.3 is 9.84 Å². The standard InChI is InChI=1S/C12H16O3S/c1-12(2,11(13)14)8-16-10-6-4-9(15-3)5-7-10/h4-7H,8H2,1-3H3,(H,13,14). The minimum Gasteiger partial charge on any atom is -0.497 e. The summed E-state index contributed by atoms with van der Waals surface area (Å²) >= 11 is 1.54. The van der Waals surface area contributed by atoms with Crippen LogP contribution in [0.5, 0.6) is 5.75 Å². The number of benzene rings is 1. The normalized spacial score (nSPS) is 11.2. The molecule has 1 rings (SSSR count). The van der Waals surface area contributed by atoms with Crippen LogP contribution in [0.3, 0.4) is 0 Å². The Hall–Kier alpha value is -1.16. The highest BCUT2D eigenvalue weighted by atomic mass is 32.2. The highest BCUT2D eigenvalue weighted by Crippen LogP contribution is 2.28. The Kier molecular flexibility index (Phi) is 4.24. The van der Waals surface area contributed by atoms with E-state index in [1.54, 1.807) is 21.0 Å². The second kappa shape index (κ2) is 5.25. The lowest BCUT2D eigenvalue weighted by molar-refractivity contribution is -0.145. The first-order chi connectivity index (χ1) is 7.45. The van der Waals surface area contributed by atoms with Gasteiger partial charge in [0.15, 0.2) is 0 Å². The summed E-state index contributed by atoms with van der Waals surface area (Å²) in [5, 5.41) is 8.97. The van der Waals surface area contributed by atoms with Crippen LogP contribution in [0.25, 0.3) is 0 Å². The molecule has 0 spiro atoms. The van der Waals surface area contributed by atoms with Gasteiger partial charge in [-0.05, 0) is 38.1 Å². The third kappa shape index (κ3) is 3.45. The van der Waals surface area contributed by atoms with Crippen LogP contribution >= 0.6 is 11.8 Å². The molecule has 0 unspecified atom stereocenters. The van der Waals surface area contributed by atoms with Gasteiger partial charge in [-0.25, -0.2) is 0 Å². The Morgan fingerprint density at radius 2 is 1.94 bits per heavy atom. The van der Waals surface area contributed by atoms with Crippen LogP contribution in [0.15, 0.2) is 29.2 Å². The summed E-state index contributed by atoms with van der Waals surface area (Å²) in [5.41, 5.74) is -0.704. The fraction of sp³-hybridized carbons (Fsp3) is 0.417. The van der Waals surface area contributed by atoms with E-state index < -0.39 is 11.4 Å². The number of carbonyl (C=O) groups is 1. The molecule has 0 bridgehead atoms. The number of rotatable bonds is 5. The zero-order valence-electron chi connectivity index (χ0n) is 9.69. The van der Waals surface area contributed by atoms with Gasteiger partial charge in [0.1, 0.15) is 5.75 Å². The molecule has 16 heavy (non-hydrogen) atoms. The lowest BCUT2D eigenvalue weighted by atomic mass is 9.97. The SMILES string of the molecule is COc1ccc(SCC(C)(C)C(=O)O)cc1. The minimum absolute atomic E-state index is 0.550. The average molecular weight is 240 g/mol. The summed E-state index contributed by atoms with van der Waals surface area (Å²) in [4.78, 5) is 12.0. The highest BCUT2D eigenvalue weighted by Gasteiger charge is 2.26. The second-order valence-electron chi connectivity index (χ2n) is 4.15. The van der Waals surface area contributed by atoms with Gasteiger partial charge in [0.2, 0.25) is 0 Å². The molecule has 88 valence electrons. The molecule has 0 saturated heterocycles. The predicted octanol–water partition coefficient (Wildman–Crippen LogP) is 2.90. The van der Waals surface area contributed by atoms with E-state index in [0.29, 0.717) is 5.75 Å². The van der Waals surface area contributed by atoms with Crippen molar-refractivity contribution in [2.45, 2.75) is 18.7 Å². The van der Waals surface area contributed by atoms with E-state index in [1.807, 2.05) is 24.3 Å². The average Bonchev–Trinajstić information content (AvgIpc) is 2.27. The zero-order valence-corrected chi connectivity index (χ0v) is 10.5. The van der Waals surface area contributed by atoms with Crippen molar-refractivity contribution in [2.75, 3.05) is 12.9 Å². The van der Waals surface area contributed by atoms with Gasteiger partial charge in [0, 0.05) is 10.6 Å². The molecule has 0 radical (unpaired) electrons. The summed E-state index contributed by atoms with van der Waals surface area (Å²) in [6.45, 7) is 3.46.